The first-order chi connectivity index (χ1) is 14.3. The highest BCUT2D eigenvalue weighted by Crippen LogP contribution is 2.07. The van der Waals surface area contributed by atoms with E-state index >= 15 is 0 Å². The van der Waals surface area contributed by atoms with Gasteiger partial charge in [0.1, 0.15) is 18.1 Å². The van der Waals surface area contributed by atoms with Crippen molar-refractivity contribution < 1.29 is 34.5 Å². The molecule has 0 saturated carbocycles. The lowest BCUT2D eigenvalue weighted by molar-refractivity contribution is -0.145. The lowest BCUT2D eigenvalue weighted by Gasteiger charge is -2.27. The van der Waals surface area contributed by atoms with Crippen LogP contribution in [-0.4, -0.2) is 81.9 Å². The molecule has 0 fully saturated rings. The van der Waals surface area contributed by atoms with Crippen molar-refractivity contribution in [2.75, 3.05) is 6.54 Å². The normalized spacial score (nSPS) is 17.1. The minimum Gasteiger partial charge on any atom is -0.480 e. The number of hydrogen-bond acceptors (Lipinski definition) is 8. The number of aliphatic carboxylic acids is 1. The van der Waals surface area contributed by atoms with Crippen molar-refractivity contribution in [3.8, 4) is 0 Å². The Bertz CT molecular complexity index is 612. The van der Waals surface area contributed by atoms with Crippen LogP contribution in [0.1, 0.15) is 47.0 Å². The molecule has 0 aliphatic rings. The zero-order chi connectivity index (χ0) is 24.3. The molecule has 12 heteroatoms. The molecule has 0 rings (SSSR count). The molecule has 0 radical (unpaired) electrons. The minimum absolute atomic E-state index is 0.221. The summed E-state index contributed by atoms with van der Waals surface area (Å²) in [4.78, 5) is 48.9. The lowest BCUT2D eigenvalue weighted by Crippen LogP contribution is -2.60. The standard InChI is InChI=1S/C19H37N5O7/c1-9(2)14(18(29)24-15(11(4)26)19(30)31)23-16(27)12(7-5-6-8-20)22-17(28)13(21)10(3)25/h9-15,25-26H,5-8,20-21H2,1-4H3,(H,22,28)(H,23,27)(H,24,29)(H,30,31). The molecule has 12 nitrogen and oxygen atoms in total. The van der Waals surface area contributed by atoms with Crippen LogP contribution in [0, 0.1) is 5.92 Å². The Balaban J connectivity index is 5.42. The summed E-state index contributed by atoms with van der Waals surface area (Å²) in [7, 11) is 0. The highest BCUT2D eigenvalue weighted by molar-refractivity contribution is 5.94. The number of carbonyl (C=O) groups is 4. The van der Waals surface area contributed by atoms with Crippen LogP contribution in [0.5, 0.6) is 0 Å². The van der Waals surface area contributed by atoms with Crippen LogP contribution in [0.2, 0.25) is 0 Å². The summed E-state index contributed by atoms with van der Waals surface area (Å²) in [6, 6.07) is -4.94. The molecule has 10 N–H and O–H groups in total. The monoisotopic (exact) mass is 447 g/mol. The van der Waals surface area contributed by atoms with Crippen LogP contribution in [0.15, 0.2) is 0 Å². The van der Waals surface area contributed by atoms with E-state index in [-0.39, 0.29) is 6.42 Å². The zero-order valence-corrected chi connectivity index (χ0v) is 18.5. The van der Waals surface area contributed by atoms with Crippen molar-refractivity contribution in [1.29, 1.82) is 0 Å². The SMILES string of the molecule is CC(C)C(NC(=O)C(CCCCN)NC(=O)C(N)C(C)O)C(=O)NC(C(=O)O)C(C)O. The Labute approximate surface area is 182 Å². The van der Waals surface area contributed by atoms with Crippen molar-refractivity contribution in [2.24, 2.45) is 17.4 Å². The van der Waals surface area contributed by atoms with E-state index in [2.05, 4.69) is 16.0 Å². The molecule has 0 aromatic carbocycles. The Kier molecular flexibility index (Phi) is 12.9. The molecule has 0 heterocycles. The van der Waals surface area contributed by atoms with Gasteiger partial charge in [0.25, 0.3) is 0 Å². The first kappa shape index (κ1) is 28.7. The van der Waals surface area contributed by atoms with Crippen LogP contribution in [0.4, 0.5) is 0 Å². The summed E-state index contributed by atoms with van der Waals surface area (Å²) in [5, 5.41) is 35.4. The minimum atomic E-state index is -1.55. The van der Waals surface area contributed by atoms with Crippen molar-refractivity contribution in [1.82, 2.24) is 16.0 Å². The number of unbranched alkanes of at least 4 members (excludes halogenated alkanes) is 1. The summed E-state index contributed by atoms with van der Waals surface area (Å²) >= 11 is 0. The molecule has 0 aromatic rings. The van der Waals surface area contributed by atoms with E-state index < -0.39 is 66.0 Å². The van der Waals surface area contributed by atoms with Crippen LogP contribution in [0.25, 0.3) is 0 Å². The van der Waals surface area contributed by atoms with Crippen LogP contribution in [-0.2, 0) is 19.2 Å². The average Bonchev–Trinajstić information content (AvgIpc) is 2.67. The molecule has 0 aromatic heterocycles. The number of hydrogen-bond donors (Lipinski definition) is 8. The number of carboxylic acids is 1. The maximum absolute atomic E-state index is 12.8. The van der Waals surface area contributed by atoms with Crippen LogP contribution in [0.3, 0.4) is 0 Å². The predicted molar refractivity (Wildman–Crippen MR) is 113 cm³/mol. The van der Waals surface area contributed by atoms with Gasteiger partial charge in [-0.1, -0.05) is 13.8 Å². The molecule has 3 amide bonds. The Morgan fingerprint density at radius 3 is 1.77 bits per heavy atom. The van der Waals surface area contributed by atoms with Gasteiger partial charge >= 0.3 is 5.97 Å². The fraction of sp³-hybridized carbons (Fsp3) is 0.789. The lowest BCUT2D eigenvalue weighted by atomic mass is 10.0. The van der Waals surface area contributed by atoms with Crippen LogP contribution < -0.4 is 27.4 Å². The maximum Gasteiger partial charge on any atom is 0.328 e. The van der Waals surface area contributed by atoms with Crippen molar-refractivity contribution in [3.05, 3.63) is 0 Å². The van der Waals surface area contributed by atoms with E-state index in [0.29, 0.717) is 19.4 Å². The molecule has 0 saturated heterocycles. The third-order valence-corrected chi connectivity index (χ3v) is 4.70. The van der Waals surface area contributed by atoms with E-state index in [9.17, 15) is 29.4 Å². The van der Waals surface area contributed by atoms with E-state index in [1.54, 1.807) is 13.8 Å². The summed E-state index contributed by atoms with van der Waals surface area (Å²) < 4.78 is 0. The summed E-state index contributed by atoms with van der Waals surface area (Å²) in [6.45, 7) is 6.24. The van der Waals surface area contributed by atoms with Gasteiger partial charge < -0.3 is 42.7 Å². The fourth-order valence-corrected chi connectivity index (χ4v) is 2.67. The van der Waals surface area contributed by atoms with Gasteiger partial charge in [0.15, 0.2) is 6.04 Å². The second-order valence-corrected chi connectivity index (χ2v) is 7.91. The summed E-state index contributed by atoms with van der Waals surface area (Å²) in [5.41, 5.74) is 11.1. The van der Waals surface area contributed by atoms with Crippen molar-refractivity contribution in [2.45, 2.75) is 83.3 Å². The number of aliphatic hydroxyl groups excluding tert-OH is 2. The van der Waals surface area contributed by atoms with Gasteiger partial charge in [-0.3, -0.25) is 14.4 Å². The molecule has 0 bridgehead atoms. The number of rotatable bonds is 14. The third-order valence-electron chi connectivity index (χ3n) is 4.70. The molecule has 6 unspecified atom stereocenters. The number of aliphatic hydroxyl groups is 2. The predicted octanol–water partition coefficient (Wildman–Crippen LogP) is -2.60. The van der Waals surface area contributed by atoms with E-state index in [0.717, 1.165) is 0 Å². The van der Waals surface area contributed by atoms with Gasteiger partial charge in [-0.2, -0.15) is 0 Å². The number of carbonyl (C=O) groups excluding carboxylic acids is 3. The largest absolute Gasteiger partial charge is 0.480 e. The van der Waals surface area contributed by atoms with Gasteiger partial charge in [-0.15, -0.1) is 0 Å². The third kappa shape index (κ3) is 10.0. The highest BCUT2D eigenvalue weighted by atomic mass is 16.4. The second-order valence-electron chi connectivity index (χ2n) is 7.91. The van der Waals surface area contributed by atoms with Crippen molar-refractivity contribution in [3.63, 3.8) is 0 Å². The van der Waals surface area contributed by atoms with E-state index in [1.807, 2.05) is 0 Å². The number of carboxylic acid groups (broad SMARTS) is 1. The Morgan fingerprint density at radius 1 is 0.806 bits per heavy atom. The van der Waals surface area contributed by atoms with Crippen molar-refractivity contribution >= 4 is 23.7 Å². The molecule has 31 heavy (non-hydrogen) atoms. The molecule has 0 spiro atoms. The average molecular weight is 448 g/mol. The first-order valence-corrected chi connectivity index (χ1v) is 10.3. The van der Waals surface area contributed by atoms with Gasteiger partial charge in [-0.05, 0) is 45.6 Å². The number of nitrogens with two attached hydrogens (primary N) is 2. The maximum atomic E-state index is 12.8. The van der Waals surface area contributed by atoms with E-state index in [1.165, 1.54) is 13.8 Å². The molecule has 6 atom stereocenters. The summed E-state index contributed by atoms with van der Waals surface area (Å²) in [6.07, 6.45) is -1.14. The molecule has 0 aliphatic carbocycles. The second kappa shape index (κ2) is 13.9. The van der Waals surface area contributed by atoms with Gasteiger partial charge in [0, 0.05) is 0 Å². The fourth-order valence-electron chi connectivity index (χ4n) is 2.67. The number of amides is 3. The smallest absolute Gasteiger partial charge is 0.328 e. The molecular weight excluding hydrogens is 410 g/mol. The van der Waals surface area contributed by atoms with Gasteiger partial charge in [0.05, 0.1) is 12.2 Å². The molecular formula is C19H37N5O7. The highest BCUT2D eigenvalue weighted by Gasteiger charge is 2.33. The Morgan fingerprint density at radius 2 is 1.35 bits per heavy atom. The van der Waals surface area contributed by atoms with Gasteiger partial charge in [0.2, 0.25) is 17.7 Å². The Hall–Kier alpha value is -2.28. The van der Waals surface area contributed by atoms with Crippen LogP contribution >= 0.6 is 0 Å². The topological polar surface area (TPSA) is 217 Å². The molecule has 180 valence electrons. The first-order valence-electron chi connectivity index (χ1n) is 10.3. The molecule has 0 aliphatic heterocycles. The van der Waals surface area contributed by atoms with Gasteiger partial charge in [-0.25, -0.2) is 4.79 Å². The zero-order valence-electron chi connectivity index (χ0n) is 18.5. The van der Waals surface area contributed by atoms with E-state index in [4.69, 9.17) is 16.6 Å². The quantitative estimate of drug-likeness (QED) is 0.131. The number of nitrogens with one attached hydrogen (secondary N) is 3. The summed E-state index contributed by atoms with van der Waals surface area (Å²) in [5.74, 6) is -4.03.